The topological polar surface area (TPSA) is 46.1 Å². The van der Waals surface area contributed by atoms with E-state index in [1.807, 2.05) is 29.6 Å². The number of carbonyl (C=O) groups is 1. The molecule has 0 aromatic heterocycles. The Labute approximate surface area is 237 Å². The van der Waals surface area contributed by atoms with Crippen LogP contribution in [0.4, 0.5) is 8.78 Å². The minimum Gasteiger partial charge on any atom is -1.00 e. The highest BCUT2D eigenvalue weighted by Crippen LogP contribution is 2.55. The van der Waals surface area contributed by atoms with E-state index in [-0.39, 0.29) is 43.7 Å². The van der Waals surface area contributed by atoms with Gasteiger partial charge in [-0.25, -0.2) is 8.78 Å². The molecule has 2 aliphatic carbocycles. The summed E-state index contributed by atoms with van der Waals surface area (Å²) >= 11 is 0. The van der Waals surface area contributed by atoms with E-state index in [1.165, 1.54) is 24.8 Å². The van der Waals surface area contributed by atoms with E-state index in [2.05, 4.69) is 29.2 Å². The van der Waals surface area contributed by atoms with E-state index in [0.717, 1.165) is 31.2 Å². The molecule has 0 radical (unpaired) electrons. The summed E-state index contributed by atoms with van der Waals surface area (Å²) in [5, 5.41) is 1.96. The largest absolute Gasteiger partial charge is 1.00 e. The molecule has 1 saturated carbocycles. The third-order valence-corrected chi connectivity index (χ3v) is 10.3. The van der Waals surface area contributed by atoms with Crippen LogP contribution in [-0.4, -0.2) is 49.5 Å². The van der Waals surface area contributed by atoms with Gasteiger partial charge in [0.1, 0.15) is 17.1 Å². The van der Waals surface area contributed by atoms with E-state index >= 15 is 8.78 Å². The number of hydrogen-bond acceptors (Lipinski definition) is 2. The lowest BCUT2D eigenvalue weighted by molar-refractivity contribution is -0.641. The van der Waals surface area contributed by atoms with Crippen LogP contribution in [0.25, 0.3) is 0 Å². The summed E-state index contributed by atoms with van der Waals surface area (Å²) in [7, 11) is 1.60. The average molecular weight is 559 g/mol. The Balaban J connectivity index is 0.00000308. The monoisotopic (exact) mass is 558 g/mol. The smallest absolute Gasteiger partial charge is 0.264 e. The number of hydrogen-bond donors (Lipinski definition) is 1. The molecule has 2 saturated heterocycles. The number of rotatable bonds is 4. The van der Waals surface area contributed by atoms with Crippen molar-refractivity contribution in [2.24, 2.45) is 11.8 Å². The highest BCUT2D eigenvalue weighted by atomic mass is 35.5. The lowest BCUT2D eigenvalue weighted by Gasteiger charge is -2.48. The van der Waals surface area contributed by atoms with Crippen molar-refractivity contribution in [1.82, 2.24) is 4.90 Å². The summed E-state index contributed by atoms with van der Waals surface area (Å²) in [6.45, 7) is 1.31. The van der Waals surface area contributed by atoms with Gasteiger partial charge >= 0.3 is 0 Å². The summed E-state index contributed by atoms with van der Waals surface area (Å²) in [5.74, 6) is -2.18. The molecule has 2 aromatic carbocycles. The minimum absolute atomic E-state index is 0. The van der Waals surface area contributed by atoms with Crippen LogP contribution in [0.1, 0.15) is 74.0 Å². The zero-order valence-corrected chi connectivity index (χ0v) is 23.6. The first-order valence-corrected chi connectivity index (χ1v) is 14.7. The molecule has 1 spiro atoms. The fraction of sp³-hybridized carbons (Fsp3) is 0.594. The Morgan fingerprint density at radius 2 is 1.79 bits per heavy atom. The van der Waals surface area contributed by atoms with Gasteiger partial charge in [-0.1, -0.05) is 61.7 Å². The van der Waals surface area contributed by atoms with Crippen LogP contribution in [0.3, 0.4) is 0 Å². The van der Waals surface area contributed by atoms with E-state index < -0.39 is 17.3 Å². The number of alkyl halides is 2. The van der Waals surface area contributed by atoms with Crippen molar-refractivity contribution in [2.75, 3.05) is 26.7 Å². The van der Waals surface area contributed by atoms with Crippen LogP contribution in [0, 0.1) is 11.8 Å². The average Bonchev–Trinajstić information content (AvgIpc) is 3.42. The first kappa shape index (κ1) is 28.4. The summed E-state index contributed by atoms with van der Waals surface area (Å²) in [6.07, 6.45) is 7.79. The highest BCUT2D eigenvalue weighted by Gasteiger charge is 2.68. The lowest BCUT2D eigenvalue weighted by Crippen LogP contribution is -3.00. The molecule has 2 heterocycles. The van der Waals surface area contributed by atoms with E-state index in [1.54, 1.807) is 7.11 Å². The van der Waals surface area contributed by atoms with Crippen LogP contribution in [0.2, 0.25) is 0 Å². The SMILES string of the molecule is COc1cccc2c1CCC(F)(F)[C@]21C[NH2+]C[C@H]1C(=O)N1CC[C@@H](c2ccccc2)C[C@H]1C1CCCCC1.[Cl-]. The summed E-state index contributed by atoms with van der Waals surface area (Å²) in [4.78, 5) is 16.6. The van der Waals surface area contributed by atoms with Crippen molar-refractivity contribution in [3.8, 4) is 5.75 Å². The fourth-order valence-electron chi connectivity index (χ4n) is 8.43. The number of nitrogens with two attached hydrogens (primary N) is 1. The van der Waals surface area contributed by atoms with Gasteiger partial charge in [-0.2, -0.15) is 0 Å². The predicted octanol–water partition coefficient (Wildman–Crippen LogP) is 2.07. The second kappa shape index (κ2) is 11.4. The molecular formula is C32H41ClF2N2O2. The van der Waals surface area contributed by atoms with Crippen LogP contribution < -0.4 is 22.5 Å². The fourth-order valence-corrected chi connectivity index (χ4v) is 8.43. The van der Waals surface area contributed by atoms with Crippen molar-refractivity contribution in [2.45, 2.75) is 81.1 Å². The number of benzene rings is 2. The maximum Gasteiger partial charge on any atom is 0.264 e. The van der Waals surface area contributed by atoms with Crippen molar-refractivity contribution >= 4 is 5.91 Å². The molecule has 4 atom stereocenters. The third kappa shape index (κ3) is 4.76. The molecule has 39 heavy (non-hydrogen) atoms. The standard InChI is InChI=1S/C32H40F2N2O2.ClH/c1-38-29-14-8-13-26-25(29)15-17-32(33,34)31(26)21-35-20-27(31)30(37)36-18-16-24(22-9-4-2-5-10-22)19-28(36)23-11-6-3-7-12-23;/h2,4-5,8-10,13-14,23-24,27-28,35H,3,6-7,11-12,15-21H2,1H3;1H/t24-,27+,28+,31-;/m1./s1. The second-order valence-corrected chi connectivity index (χ2v) is 12.1. The number of ether oxygens (including phenoxy) is 1. The summed E-state index contributed by atoms with van der Waals surface area (Å²) < 4.78 is 37.9. The lowest BCUT2D eigenvalue weighted by atomic mass is 9.61. The molecule has 3 fully saturated rings. The first-order valence-electron chi connectivity index (χ1n) is 14.7. The summed E-state index contributed by atoms with van der Waals surface area (Å²) in [5.41, 5.74) is 1.35. The number of fused-ring (bicyclic) bond motifs is 2. The van der Waals surface area contributed by atoms with Crippen molar-refractivity contribution in [1.29, 1.82) is 0 Å². The number of carbonyl (C=O) groups excluding carboxylic acids is 1. The van der Waals surface area contributed by atoms with Gasteiger partial charge in [0.05, 0.1) is 20.2 Å². The molecule has 6 rings (SSSR count). The number of piperidine rings is 1. The van der Waals surface area contributed by atoms with Gasteiger partial charge in [-0.15, -0.1) is 0 Å². The molecular weight excluding hydrogens is 518 g/mol. The molecule has 2 aliphatic heterocycles. The number of amides is 1. The number of nitrogens with zero attached hydrogens (tertiary/aromatic N) is 1. The van der Waals surface area contributed by atoms with Crippen molar-refractivity contribution in [3.63, 3.8) is 0 Å². The number of halogens is 3. The highest BCUT2D eigenvalue weighted by molar-refractivity contribution is 5.82. The van der Waals surface area contributed by atoms with Gasteiger partial charge in [0.15, 0.2) is 0 Å². The van der Waals surface area contributed by atoms with E-state index in [4.69, 9.17) is 4.74 Å². The maximum atomic E-state index is 16.2. The van der Waals surface area contributed by atoms with Crippen molar-refractivity contribution in [3.05, 3.63) is 65.2 Å². The Morgan fingerprint density at radius 1 is 1.03 bits per heavy atom. The number of quaternary nitrogens is 1. The first-order chi connectivity index (χ1) is 18.5. The Kier molecular flexibility index (Phi) is 8.26. The Morgan fingerprint density at radius 3 is 2.54 bits per heavy atom. The van der Waals surface area contributed by atoms with Gasteiger partial charge in [-0.3, -0.25) is 4.79 Å². The van der Waals surface area contributed by atoms with Crippen LogP contribution in [0.15, 0.2) is 48.5 Å². The Bertz CT molecular complexity index is 1160. The molecule has 0 unspecified atom stereocenters. The molecule has 1 amide bonds. The zero-order valence-electron chi connectivity index (χ0n) is 22.9. The molecule has 0 bridgehead atoms. The molecule has 2 N–H and O–H groups in total. The summed E-state index contributed by atoms with van der Waals surface area (Å²) in [6, 6.07) is 16.3. The minimum atomic E-state index is -2.94. The number of likely N-dealkylation sites (tertiary alicyclic amines) is 1. The van der Waals surface area contributed by atoms with Gasteiger partial charge in [-0.05, 0) is 66.7 Å². The maximum absolute atomic E-state index is 16.2. The van der Waals surface area contributed by atoms with Crippen LogP contribution >= 0.6 is 0 Å². The van der Waals surface area contributed by atoms with Crippen LogP contribution in [-0.2, 0) is 16.6 Å². The molecule has 4 aliphatic rings. The molecule has 212 valence electrons. The van der Waals surface area contributed by atoms with Crippen molar-refractivity contribution < 1.29 is 36.0 Å². The Hall–Kier alpha value is -2.18. The quantitative estimate of drug-likeness (QED) is 0.625. The van der Waals surface area contributed by atoms with E-state index in [9.17, 15) is 4.79 Å². The van der Waals surface area contributed by atoms with Gasteiger partial charge in [0, 0.05) is 19.0 Å². The second-order valence-electron chi connectivity index (χ2n) is 12.1. The van der Waals surface area contributed by atoms with Gasteiger partial charge < -0.3 is 27.4 Å². The van der Waals surface area contributed by atoms with E-state index in [0.29, 0.717) is 36.2 Å². The molecule has 4 nitrogen and oxygen atoms in total. The normalized spacial score (nSPS) is 30.4. The number of methoxy groups -OCH3 is 1. The van der Waals surface area contributed by atoms with Gasteiger partial charge in [0.25, 0.3) is 5.92 Å². The molecule has 7 heteroatoms. The van der Waals surface area contributed by atoms with Crippen LogP contribution in [0.5, 0.6) is 5.75 Å². The predicted molar refractivity (Wildman–Crippen MR) is 144 cm³/mol. The zero-order chi connectivity index (χ0) is 26.3. The third-order valence-electron chi connectivity index (χ3n) is 10.3. The molecule has 2 aromatic rings. The van der Waals surface area contributed by atoms with Gasteiger partial charge in [0.2, 0.25) is 5.91 Å².